The Bertz CT molecular complexity index is 180. The molecule has 0 spiro atoms. The lowest BCUT2D eigenvalue weighted by Crippen LogP contribution is -2.48. The van der Waals surface area contributed by atoms with E-state index in [0.717, 1.165) is 32.4 Å². The van der Waals surface area contributed by atoms with Crippen LogP contribution in [-0.4, -0.2) is 38.3 Å². The molecule has 4 nitrogen and oxygen atoms in total. The average Bonchev–Trinajstić information content (AvgIpc) is 2.21. The minimum atomic E-state index is -0.295. The van der Waals surface area contributed by atoms with E-state index in [1.54, 1.807) is 7.11 Å². The van der Waals surface area contributed by atoms with Gasteiger partial charge >= 0.3 is 0 Å². The first-order valence-electron chi connectivity index (χ1n) is 5.31. The van der Waals surface area contributed by atoms with Gasteiger partial charge in [-0.3, -0.25) is 4.79 Å². The number of carbonyl (C=O) groups is 1. The standard InChI is InChI=1S/C10H20N2O2.ClH/c1-3-9(14-2)10(13)12-8-5-4-6-11-7-8;/h8-9,11H,3-7H2,1-2H3,(H,12,13);1H/t8-,9?;/m1./s1. The highest BCUT2D eigenvalue weighted by Gasteiger charge is 2.20. The van der Waals surface area contributed by atoms with E-state index in [1.807, 2.05) is 6.92 Å². The molecule has 0 aromatic carbocycles. The molecule has 0 radical (unpaired) electrons. The normalized spacial score (nSPS) is 22.7. The zero-order valence-corrected chi connectivity index (χ0v) is 10.2. The second-order valence-corrected chi connectivity index (χ2v) is 3.68. The molecule has 2 N–H and O–H groups in total. The van der Waals surface area contributed by atoms with Crippen LogP contribution in [0.2, 0.25) is 0 Å². The Balaban J connectivity index is 0.00000196. The van der Waals surface area contributed by atoms with Crippen molar-refractivity contribution in [3.8, 4) is 0 Å². The summed E-state index contributed by atoms with van der Waals surface area (Å²) < 4.78 is 5.07. The third-order valence-electron chi connectivity index (χ3n) is 2.59. The molecule has 1 saturated heterocycles. The maximum absolute atomic E-state index is 11.6. The van der Waals surface area contributed by atoms with Gasteiger partial charge in [0.1, 0.15) is 6.10 Å². The number of ether oxygens (including phenoxy) is 1. The first-order chi connectivity index (χ1) is 6.77. The number of piperidine rings is 1. The molecule has 1 aliphatic heterocycles. The molecule has 0 aliphatic carbocycles. The molecule has 0 bridgehead atoms. The van der Waals surface area contributed by atoms with Crippen LogP contribution in [-0.2, 0) is 9.53 Å². The van der Waals surface area contributed by atoms with E-state index < -0.39 is 0 Å². The SMILES string of the molecule is CCC(OC)C(=O)N[C@@H]1CCCNC1.Cl. The van der Waals surface area contributed by atoms with E-state index in [-0.39, 0.29) is 30.5 Å². The Morgan fingerprint density at radius 3 is 2.87 bits per heavy atom. The van der Waals surface area contributed by atoms with E-state index in [1.165, 1.54) is 0 Å². The molecule has 1 fully saturated rings. The van der Waals surface area contributed by atoms with Gasteiger partial charge in [-0.2, -0.15) is 0 Å². The Labute approximate surface area is 97.5 Å². The number of carbonyl (C=O) groups excluding carboxylic acids is 1. The Kier molecular flexibility index (Phi) is 7.74. The summed E-state index contributed by atoms with van der Waals surface area (Å²) >= 11 is 0. The number of rotatable bonds is 4. The van der Waals surface area contributed by atoms with Gasteiger partial charge in [-0.1, -0.05) is 6.92 Å². The van der Waals surface area contributed by atoms with Crippen molar-refractivity contribution in [2.45, 2.75) is 38.3 Å². The maximum atomic E-state index is 11.6. The molecule has 0 aromatic rings. The molecule has 15 heavy (non-hydrogen) atoms. The highest BCUT2D eigenvalue weighted by Crippen LogP contribution is 2.03. The summed E-state index contributed by atoms with van der Waals surface area (Å²) in [7, 11) is 1.58. The van der Waals surface area contributed by atoms with Gasteiger partial charge in [0.15, 0.2) is 0 Å². The molecule has 2 atom stereocenters. The second-order valence-electron chi connectivity index (χ2n) is 3.68. The van der Waals surface area contributed by atoms with Crippen LogP contribution >= 0.6 is 12.4 Å². The lowest BCUT2D eigenvalue weighted by atomic mass is 10.1. The van der Waals surface area contributed by atoms with Crippen LogP contribution in [0.4, 0.5) is 0 Å². The molecule has 0 saturated carbocycles. The molecule has 0 aromatic heterocycles. The van der Waals surface area contributed by atoms with Gasteiger partial charge in [-0.25, -0.2) is 0 Å². The Hall–Kier alpha value is -0.320. The van der Waals surface area contributed by atoms with Crippen LogP contribution < -0.4 is 10.6 Å². The van der Waals surface area contributed by atoms with Gasteiger partial charge in [0.25, 0.3) is 0 Å². The number of amides is 1. The Morgan fingerprint density at radius 2 is 2.40 bits per heavy atom. The molecule has 1 unspecified atom stereocenters. The second kappa shape index (κ2) is 7.91. The third kappa shape index (κ3) is 4.82. The molecule has 5 heteroatoms. The number of halogens is 1. The number of methoxy groups -OCH3 is 1. The molecule has 1 rings (SSSR count). The van der Waals surface area contributed by atoms with Crippen molar-refractivity contribution in [3.63, 3.8) is 0 Å². The van der Waals surface area contributed by atoms with Crippen molar-refractivity contribution in [1.29, 1.82) is 0 Å². The molecule has 1 heterocycles. The molecule has 1 amide bonds. The van der Waals surface area contributed by atoms with Crippen molar-refractivity contribution >= 4 is 18.3 Å². The quantitative estimate of drug-likeness (QED) is 0.756. The average molecular weight is 237 g/mol. The van der Waals surface area contributed by atoms with Gasteiger partial charge in [0.05, 0.1) is 0 Å². The maximum Gasteiger partial charge on any atom is 0.249 e. The molecular weight excluding hydrogens is 216 g/mol. The van der Waals surface area contributed by atoms with Crippen molar-refractivity contribution < 1.29 is 9.53 Å². The molecular formula is C10H21ClN2O2. The highest BCUT2D eigenvalue weighted by molar-refractivity contribution is 5.85. The van der Waals surface area contributed by atoms with Crippen molar-refractivity contribution in [2.24, 2.45) is 0 Å². The van der Waals surface area contributed by atoms with Crippen molar-refractivity contribution in [3.05, 3.63) is 0 Å². The summed E-state index contributed by atoms with van der Waals surface area (Å²) in [5.74, 6) is 0.0173. The monoisotopic (exact) mass is 236 g/mol. The smallest absolute Gasteiger partial charge is 0.249 e. The van der Waals surface area contributed by atoms with Crippen molar-refractivity contribution in [1.82, 2.24) is 10.6 Å². The first kappa shape index (κ1) is 14.7. The fraction of sp³-hybridized carbons (Fsp3) is 0.900. The summed E-state index contributed by atoms with van der Waals surface area (Å²) in [5, 5.41) is 6.25. The zero-order chi connectivity index (χ0) is 10.4. The van der Waals surface area contributed by atoms with E-state index in [0.29, 0.717) is 0 Å². The van der Waals surface area contributed by atoms with Crippen LogP contribution in [0.5, 0.6) is 0 Å². The molecule has 90 valence electrons. The van der Waals surface area contributed by atoms with E-state index in [9.17, 15) is 4.79 Å². The first-order valence-corrected chi connectivity index (χ1v) is 5.31. The van der Waals surface area contributed by atoms with Crippen LogP contribution in [0, 0.1) is 0 Å². The lowest BCUT2D eigenvalue weighted by Gasteiger charge is -2.25. The van der Waals surface area contributed by atoms with Crippen LogP contribution in [0.3, 0.4) is 0 Å². The van der Waals surface area contributed by atoms with Gasteiger partial charge in [-0.15, -0.1) is 12.4 Å². The van der Waals surface area contributed by atoms with E-state index >= 15 is 0 Å². The summed E-state index contributed by atoms with van der Waals surface area (Å²) in [4.78, 5) is 11.6. The van der Waals surface area contributed by atoms with Gasteiger partial charge in [-0.05, 0) is 25.8 Å². The predicted molar refractivity (Wildman–Crippen MR) is 62.4 cm³/mol. The van der Waals surface area contributed by atoms with Gasteiger partial charge in [0.2, 0.25) is 5.91 Å². The van der Waals surface area contributed by atoms with E-state index in [2.05, 4.69) is 10.6 Å². The number of hydrogen-bond acceptors (Lipinski definition) is 3. The van der Waals surface area contributed by atoms with Gasteiger partial charge in [0, 0.05) is 19.7 Å². The lowest BCUT2D eigenvalue weighted by molar-refractivity contribution is -0.132. The summed E-state index contributed by atoms with van der Waals surface area (Å²) in [5.41, 5.74) is 0. The van der Waals surface area contributed by atoms with Gasteiger partial charge < -0.3 is 15.4 Å². The Morgan fingerprint density at radius 1 is 1.67 bits per heavy atom. The van der Waals surface area contributed by atoms with Crippen LogP contribution in [0.15, 0.2) is 0 Å². The number of nitrogens with one attached hydrogen (secondary N) is 2. The number of hydrogen-bond donors (Lipinski definition) is 2. The predicted octanol–water partition coefficient (Wildman–Crippen LogP) is 0.701. The van der Waals surface area contributed by atoms with Crippen LogP contribution in [0.1, 0.15) is 26.2 Å². The highest BCUT2D eigenvalue weighted by atomic mass is 35.5. The van der Waals surface area contributed by atoms with Crippen LogP contribution in [0.25, 0.3) is 0 Å². The van der Waals surface area contributed by atoms with E-state index in [4.69, 9.17) is 4.74 Å². The topological polar surface area (TPSA) is 50.4 Å². The minimum absolute atomic E-state index is 0. The summed E-state index contributed by atoms with van der Waals surface area (Å²) in [6, 6.07) is 0.278. The summed E-state index contributed by atoms with van der Waals surface area (Å²) in [6.45, 7) is 3.90. The van der Waals surface area contributed by atoms with Crippen molar-refractivity contribution in [2.75, 3.05) is 20.2 Å². The minimum Gasteiger partial charge on any atom is -0.372 e. The fourth-order valence-corrected chi connectivity index (χ4v) is 1.73. The zero-order valence-electron chi connectivity index (χ0n) is 9.41. The molecule has 1 aliphatic rings. The summed E-state index contributed by atoms with van der Waals surface area (Å²) in [6.07, 6.45) is 2.63. The largest absolute Gasteiger partial charge is 0.372 e. The fourth-order valence-electron chi connectivity index (χ4n) is 1.73. The third-order valence-corrected chi connectivity index (χ3v) is 2.59.